The number of carbonyl (C=O) groups is 1. The highest BCUT2D eigenvalue weighted by molar-refractivity contribution is 5.90. The summed E-state index contributed by atoms with van der Waals surface area (Å²) in [6.45, 7) is 3.92. The van der Waals surface area contributed by atoms with E-state index in [-0.39, 0.29) is 11.9 Å². The zero-order valence-electron chi connectivity index (χ0n) is 6.83. The number of allylic oxidation sites excluding steroid dienone is 2. The van der Waals surface area contributed by atoms with Gasteiger partial charge in [0.05, 0.1) is 12.7 Å². The Labute approximate surface area is 66.5 Å². The second-order valence-electron chi connectivity index (χ2n) is 2.63. The van der Waals surface area contributed by atoms with Crippen molar-refractivity contribution < 1.29 is 9.53 Å². The molecule has 0 aromatic heterocycles. The van der Waals surface area contributed by atoms with Gasteiger partial charge < -0.3 is 4.74 Å². The third-order valence-corrected chi connectivity index (χ3v) is 1.85. The van der Waals surface area contributed by atoms with Crippen molar-refractivity contribution in [1.29, 1.82) is 0 Å². The molecule has 0 radical (unpaired) electrons. The molecule has 0 aromatic rings. The van der Waals surface area contributed by atoms with E-state index in [1.807, 2.05) is 19.9 Å². The van der Waals surface area contributed by atoms with Gasteiger partial charge in [-0.25, -0.2) is 0 Å². The minimum atomic E-state index is -0.0301. The van der Waals surface area contributed by atoms with Gasteiger partial charge in [0.15, 0.2) is 5.78 Å². The van der Waals surface area contributed by atoms with Crippen molar-refractivity contribution >= 4 is 5.78 Å². The van der Waals surface area contributed by atoms with E-state index in [4.69, 9.17) is 4.74 Å². The fourth-order valence-electron chi connectivity index (χ4n) is 0.963. The standard InChI is InChI=1S/C9H12O2/c1-3-7(2)9-6-8(10)4-5-11-9/h3-5,9H,6H2,1-2H3/b7-3-. The van der Waals surface area contributed by atoms with Gasteiger partial charge in [0.1, 0.15) is 6.10 Å². The number of carbonyl (C=O) groups excluding carboxylic acids is 1. The molecule has 60 valence electrons. The van der Waals surface area contributed by atoms with Crippen molar-refractivity contribution in [3.8, 4) is 0 Å². The Hall–Kier alpha value is -1.05. The molecule has 1 aliphatic rings. The number of hydrogen-bond donors (Lipinski definition) is 0. The van der Waals surface area contributed by atoms with Crippen LogP contribution in [0.15, 0.2) is 24.0 Å². The molecule has 1 rings (SSSR count). The van der Waals surface area contributed by atoms with Crippen molar-refractivity contribution in [2.75, 3.05) is 0 Å². The third-order valence-electron chi connectivity index (χ3n) is 1.85. The third kappa shape index (κ3) is 1.93. The highest BCUT2D eigenvalue weighted by Crippen LogP contribution is 2.15. The van der Waals surface area contributed by atoms with E-state index in [0.29, 0.717) is 6.42 Å². The van der Waals surface area contributed by atoms with Gasteiger partial charge in [-0.05, 0) is 19.4 Å². The van der Waals surface area contributed by atoms with Gasteiger partial charge in [0.2, 0.25) is 0 Å². The van der Waals surface area contributed by atoms with E-state index in [1.54, 1.807) is 0 Å². The van der Waals surface area contributed by atoms with Gasteiger partial charge in [0, 0.05) is 6.08 Å². The Balaban J connectivity index is 2.64. The van der Waals surface area contributed by atoms with Crippen LogP contribution in [0.1, 0.15) is 20.3 Å². The summed E-state index contributed by atoms with van der Waals surface area (Å²) in [6, 6.07) is 0. The van der Waals surface area contributed by atoms with Crippen LogP contribution in [0, 0.1) is 0 Å². The Morgan fingerprint density at radius 2 is 2.55 bits per heavy atom. The van der Waals surface area contributed by atoms with Crippen molar-refractivity contribution in [3.63, 3.8) is 0 Å². The fraction of sp³-hybridized carbons (Fsp3) is 0.444. The van der Waals surface area contributed by atoms with Gasteiger partial charge in [-0.2, -0.15) is 0 Å². The molecule has 11 heavy (non-hydrogen) atoms. The van der Waals surface area contributed by atoms with Crippen LogP contribution in [0.4, 0.5) is 0 Å². The first-order valence-corrected chi connectivity index (χ1v) is 3.71. The fourth-order valence-corrected chi connectivity index (χ4v) is 0.963. The second kappa shape index (κ2) is 3.37. The molecule has 0 amide bonds. The van der Waals surface area contributed by atoms with Gasteiger partial charge in [-0.15, -0.1) is 0 Å². The number of hydrogen-bond acceptors (Lipinski definition) is 2. The normalized spacial score (nSPS) is 25.1. The molecule has 0 aromatic carbocycles. The molecule has 1 atom stereocenters. The van der Waals surface area contributed by atoms with Crippen LogP contribution < -0.4 is 0 Å². The van der Waals surface area contributed by atoms with Crippen molar-refractivity contribution in [2.24, 2.45) is 0 Å². The van der Waals surface area contributed by atoms with E-state index >= 15 is 0 Å². The van der Waals surface area contributed by atoms with Gasteiger partial charge in [-0.3, -0.25) is 4.79 Å². The van der Waals surface area contributed by atoms with Crippen LogP contribution in [0.5, 0.6) is 0 Å². The van der Waals surface area contributed by atoms with E-state index in [0.717, 1.165) is 5.57 Å². The summed E-state index contributed by atoms with van der Waals surface area (Å²) >= 11 is 0. The average Bonchev–Trinajstić information content (AvgIpc) is 2.03. The summed E-state index contributed by atoms with van der Waals surface area (Å²) in [5.74, 6) is 0.141. The first-order valence-electron chi connectivity index (χ1n) is 3.71. The predicted molar refractivity (Wildman–Crippen MR) is 43.1 cm³/mol. The highest BCUT2D eigenvalue weighted by atomic mass is 16.5. The van der Waals surface area contributed by atoms with Crippen LogP contribution in [-0.2, 0) is 9.53 Å². The molecule has 2 nitrogen and oxygen atoms in total. The average molecular weight is 152 g/mol. The summed E-state index contributed by atoms with van der Waals surface area (Å²) in [6.07, 6.45) is 5.37. The van der Waals surface area contributed by atoms with E-state index in [1.165, 1.54) is 12.3 Å². The maximum Gasteiger partial charge on any atom is 0.162 e. The van der Waals surface area contributed by atoms with Crippen molar-refractivity contribution in [1.82, 2.24) is 0 Å². The molecule has 0 N–H and O–H groups in total. The lowest BCUT2D eigenvalue weighted by atomic mass is 10.0. The molecular formula is C9H12O2. The number of rotatable bonds is 1. The molecule has 1 unspecified atom stereocenters. The quantitative estimate of drug-likeness (QED) is 0.536. The molecule has 1 heterocycles. The first kappa shape index (κ1) is 8.05. The zero-order valence-corrected chi connectivity index (χ0v) is 6.83. The van der Waals surface area contributed by atoms with Crippen LogP contribution in [0.25, 0.3) is 0 Å². The number of ketones is 1. The van der Waals surface area contributed by atoms with Crippen LogP contribution in [0.3, 0.4) is 0 Å². The smallest absolute Gasteiger partial charge is 0.162 e. The van der Waals surface area contributed by atoms with E-state index in [2.05, 4.69) is 0 Å². The predicted octanol–water partition coefficient (Wildman–Crippen LogP) is 1.82. The van der Waals surface area contributed by atoms with E-state index < -0.39 is 0 Å². The molecule has 0 bridgehead atoms. The monoisotopic (exact) mass is 152 g/mol. The molecule has 2 heteroatoms. The Bertz CT molecular complexity index is 214. The zero-order chi connectivity index (χ0) is 8.27. The van der Waals surface area contributed by atoms with Crippen LogP contribution in [-0.4, -0.2) is 11.9 Å². The van der Waals surface area contributed by atoms with E-state index in [9.17, 15) is 4.79 Å². The minimum Gasteiger partial charge on any atom is -0.493 e. The minimum absolute atomic E-state index is 0.0301. The van der Waals surface area contributed by atoms with Crippen molar-refractivity contribution in [3.05, 3.63) is 24.0 Å². The largest absolute Gasteiger partial charge is 0.493 e. The molecule has 0 spiro atoms. The summed E-state index contributed by atoms with van der Waals surface area (Å²) in [5, 5.41) is 0. The summed E-state index contributed by atoms with van der Waals surface area (Å²) < 4.78 is 5.23. The topological polar surface area (TPSA) is 26.3 Å². The Morgan fingerprint density at radius 3 is 3.09 bits per heavy atom. The SMILES string of the molecule is C/C=C(/C)C1CC(=O)C=CO1. The van der Waals surface area contributed by atoms with Gasteiger partial charge in [0.25, 0.3) is 0 Å². The van der Waals surface area contributed by atoms with Crippen LogP contribution in [0.2, 0.25) is 0 Å². The lowest BCUT2D eigenvalue weighted by Gasteiger charge is -2.18. The molecule has 0 aliphatic carbocycles. The molecule has 0 fully saturated rings. The molecule has 0 saturated carbocycles. The first-order chi connectivity index (χ1) is 5.24. The molecule has 0 saturated heterocycles. The Morgan fingerprint density at radius 1 is 1.82 bits per heavy atom. The van der Waals surface area contributed by atoms with Gasteiger partial charge >= 0.3 is 0 Å². The van der Waals surface area contributed by atoms with Crippen LogP contribution >= 0.6 is 0 Å². The summed E-state index contributed by atoms with van der Waals surface area (Å²) in [5.41, 5.74) is 1.11. The van der Waals surface area contributed by atoms with Gasteiger partial charge in [-0.1, -0.05) is 6.08 Å². The Kier molecular flexibility index (Phi) is 2.47. The number of ether oxygens (including phenoxy) is 1. The maximum absolute atomic E-state index is 10.9. The van der Waals surface area contributed by atoms with Crippen molar-refractivity contribution in [2.45, 2.75) is 26.4 Å². The lowest BCUT2D eigenvalue weighted by molar-refractivity contribution is -0.117. The highest BCUT2D eigenvalue weighted by Gasteiger charge is 2.17. The summed E-state index contributed by atoms with van der Waals surface area (Å²) in [7, 11) is 0. The molecular weight excluding hydrogens is 140 g/mol. The molecule has 1 aliphatic heterocycles. The lowest BCUT2D eigenvalue weighted by Crippen LogP contribution is -2.19. The summed E-state index contributed by atoms with van der Waals surface area (Å²) in [4.78, 5) is 10.9. The second-order valence-corrected chi connectivity index (χ2v) is 2.63. The maximum atomic E-state index is 10.9.